The average molecular weight is 293 g/mol. The third-order valence-electron chi connectivity index (χ3n) is 6.16. The molecule has 2 nitrogen and oxygen atoms in total. The molecule has 0 bridgehead atoms. The fourth-order valence-electron chi connectivity index (χ4n) is 5.51. The molecule has 1 heterocycles. The molecule has 21 heavy (non-hydrogen) atoms. The lowest BCUT2D eigenvalue weighted by molar-refractivity contribution is -0.0152. The van der Waals surface area contributed by atoms with E-state index in [2.05, 4.69) is 44.8 Å². The van der Waals surface area contributed by atoms with Gasteiger partial charge in [-0.25, -0.2) is 0 Å². The molecule has 3 fully saturated rings. The highest BCUT2D eigenvalue weighted by Gasteiger charge is 2.44. The second-order valence-corrected chi connectivity index (χ2v) is 9.68. The van der Waals surface area contributed by atoms with Crippen molar-refractivity contribution in [1.29, 1.82) is 0 Å². The Morgan fingerprint density at radius 3 is 2.19 bits per heavy atom. The second-order valence-electron chi connectivity index (χ2n) is 9.68. The molecule has 2 atom stereocenters. The van der Waals surface area contributed by atoms with Gasteiger partial charge in [-0.2, -0.15) is 0 Å². The van der Waals surface area contributed by atoms with Crippen molar-refractivity contribution in [3.8, 4) is 0 Å². The van der Waals surface area contributed by atoms with Gasteiger partial charge < -0.3 is 5.32 Å². The summed E-state index contributed by atoms with van der Waals surface area (Å²) in [6.45, 7) is 14.8. The first kappa shape index (κ1) is 15.8. The molecular formula is C19H36N2. The van der Waals surface area contributed by atoms with Gasteiger partial charge in [-0.3, -0.25) is 4.90 Å². The van der Waals surface area contributed by atoms with Gasteiger partial charge in [-0.15, -0.1) is 0 Å². The van der Waals surface area contributed by atoms with Crippen molar-refractivity contribution in [2.24, 2.45) is 16.7 Å². The summed E-state index contributed by atoms with van der Waals surface area (Å²) in [7, 11) is 0. The van der Waals surface area contributed by atoms with Gasteiger partial charge in [0, 0.05) is 31.2 Å². The maximum atomic E-state index is 3.85. The molecule has 0 radical (unpaired) electrons. The van der Waals surface area contributed by atoms with Crippen molar-refractivity contribution in [3.63, 3.8) is 0 Å². The summed E-state index contributed by atoms with van der Waals surface area (Å²) in [5.41, 5.74) is 1.01. The van der Waals surface area contributed by atoms with Crippen LogP contribution in [0.25, 0.3) is 0 Å². The Morgan fingerprint density at radius 1 is 1.05 bits per heavy atom. The van der Waals surface area contributed by atoms with Gasteiger partial charge >= 0.3 is 0 Å². The minimum atomic E-state index is 0.505. The second kappa shape index (κ2) is 5.53. The highest BCUT2D eigenvalue weighted by Crippen LogP contribution is 2.48. The number of piperazine rings is 1. The summed E-state index contributed by atoms with van der Waals surface area (Å²) in [5, 5.41) is 3.85. The number of hydrogen-bond donors (Lipinski definition) is 1. The van der Waals surface area contributed by atoms with Gasteiger partial charge in [0.25, 0.3) is 0 Å². The fraction of sp³-hybridized carbons (Fsp3) is 1.00. The summed E-state index contributed by atoms with van der Waals surface area (Å²) in [6.07, 6.45) is 8.38. The lowest BCUT2D eigenvalue weighted by atomic mass is 9.63. The molecule has 0 spiro atoms. The van der Waals surface area contributed by atoms with Crippen LogP contribution in [0.2, 0.25) is 0 Å². The lowest BCUT2D eigenvalue weighted by Gasteiger charge is -2.52. The van der Waals surface area contributed by atoms with E-state index >= 15 is 0 Å². The highest BCUT2D eigenvalue weighted by atomic mass is 15.3. The Morgan fingerprint density at radius 2 is 1.67 bits per heavy atom. The Labute approximate surface area is 132 Å². The summed E-state index contributed by atoms with van der Waals surface area (Å²) in [4.78, 5) is 2.92. The molecule has 0 amide bonds. The van der Waals surface area contributed by atoms with E-state index in [1.807, 2.05) is 0 Å². The monoisotopic (exact) mass is 292 g/mol. The van der Waals surface area contributed by atoms with Crippen LogP contribution in [0.5, 0.6) is 0 Å². The van der Waals surface area contributed by atoms with Crippen molar-refractivity contribution < 1.29 is 0 Å². The van der Waals surface area contributed by atoms with Crippen LogP contribution < -0.4 is 5.32 Å². The van der Waals surface area contributed by atoms with E-state index in [0.717, 1.165) is 24.0 Å². The summed E-state index contributed by atoms with van der Waals surface area (Å²) >= 11 is 0. The topological polar surface area (TPSA) is 15.3 Å². The van der Waals surface area contributed by atoms with Gasteiger partial charge in [-0.05, 0) is 55.3 Å². The summed E-state index contributed by atoms with van der Waals surface area (Å²) in [6, 6.07) is 2.34. The quantitative estimate of drug-likeness (QED) is 0.844. The minimum Gasteiger partial charge on any atom is -0.311 e. The normalized spacial score (nSPS) is 37.6. The van der Waals surface area contributed by atoms with Gasteiger partial charge in [-0.1, -0.05) is 34.6 Å². The first-order valence-corrected chi connectivity index (χ1v) is 9.29. The molecule has 3 aliphatic rings. The Bertz CT molecular complexity index is 354. The van der Waals surface area contributed by atoms with E-state index in [1.165, 1.54) is 51.6 Å². The molecule has 2 saturated carbocycles. The molecule has 1 aliphatic heterocycles. The van der Waals surface area contributed by atoms with Crippen LogP contribution in [-0.2, 0) is 0 Å². The number of nitrogens with zero attached hydrogens (tertiary/aromatic N) is 1. The predicted octanol–water partition coefficient (Wildman–Crippen LogP) is 4.05. The Balaban J connectivity index is 1.74. The van der Waals surface area contributed by atoms with Crippen LogP contribution in [-0.4, -0.2) is 36.1 Å². The lowest BCUT2D eigenvalue weighted by Crippen LogP contribution is -2.61. The SMILES string of the molecule is CCC1CNC(C2CC2)CN1C1CC(C)(C)CC(C)(C)C1. The minimum absolute atomic E-state index is 0.505. The van der Waals surface area contributed by atoms with E-state index in [1.54, 1.807) is 0 Å². The molecule has 0 aromatic heterocycles. The number of hydrogen-bond acceptors (Lipinski definition) is 2. The molecule has 1 saturated heterocycles. The van der Waals surface area contributed by atoms with Crippen molar-refractivity contribution in [2.75, 3.05) is 13.1 Å². The van der Waals surface area contributed by atoms with E-state index in [4.69, 9.17) is 0 Å². The maximum absolute atomic E-state index is 3.85. The first-order valence-electron chi connectivity index (χ1n) is 9.29. The van der Waals surface area contributed by atoms with Crippen LogP contribution in [0.4, 0.5) is 0 Å². The van der Waals surface area contributed by atoms with E-state index in [9.17, 15) is 0 Å². The van der Waals surface area contributed by atoms with Crippen molar-refractivity contribution in [1.82, 2.24) is 10.2 Å². The molecular weight excluding hydrogens is 256 g/mol. The number of nitrogens with one attached hydrogen (secondary N) is 1. The largest absolute Gasteiger partial charge is 0.311 e. The molecule has 3 rings (SSSR count). The zero-order valence-corrected chi connectivity index (χ0v) is 14.9. The smallest absolute Gasteiger partial charge is 0.0224 e. The molecule has 2 unspecified atom stereocenters. The summed E-state index contributed by atoms with van der Waals surface area (Å²) in [5.74, 6) is 0.981. The van der Waals surface area contributed by atoms with Crippen LogP contribution in [0.1, 0.15) is 73.1 Å². The number of rotatable bonds is 3. The van der Waals surface area contributed by atoms with Crippen molar-refractivity contribution in [3.05, 3.63) is 0 Å². The fourth-order valence-corrected chi connectivity index (χ4v) is 5.51. The third kappa shape index (κ3) is 3.64. The third-order valence-corrected chi connectivity index (χ3v) is 6.16. The standard InChI is InChI=1S/C19H36N2/c1-6-15-11-20-17(14-7-8-14)12-21(15)16-9-18(2,3)13-19(4,5)10-16/h14-17,20H,6-13H2,1-5H3. The van der Waals surface area contributed by atoms with Gasteiger partial charge in [0.05, 0.1) is 0 Å². The summed E-state index contributed by atoms with van der Waals surface area (Å²) < 4.78 is 0. The van der Waals surface area contributed by atoms with Crippen LogP contribution in [0.3, 0.4) is 0 Å². The van der Waals surface area contributed by atoms with E-state index < -0.39 is 0 Å². The van der Waals surface area contributed by atoms with Crippen molar-refractivity contribution in [2.45, 2.75) is 91.3 Å². The Hall–Kier alpha value is -0.0800. The van der Waals surface area contributed by atoms with Gasteiger partial charge in [0.1, 0.15) is 0 Å². The maximum Gasteiger partial charge on any atom is 0.0224 e. The first-order chi connectivity index (χ1) is 9.80. The molecule has 0 aromatic rings. The van der Waals surface area contributed by atoms with Crippen LogP contribution in [0.15, 0.2) is 0 Å². The molecule has 0 aromatic carbocycles. The highest BCUT2D eigenvalue weighted by molar-refractivity contribution is 5.00. The van der Waals surface area contributed by atoms with Gasteiger partial charge in [0.2, 0.25) is 0 Å². The Kier molecular flexibility index (Phi) is 4.16. The average Bonchev–Trinajstić information content (AvgIpc) is 3.18. The van der Waals surface area contributed by atoms with E-state index in [-0.39, 0.29) is 0 Å². The molecule has 2 aliphatic carbocycles. The molecule has 122 valence electrons. The molecule has 2 heteroatoms. The zero-order valence-electron chi connectivity index (χ0n) is 14.9. The zero-order chi connectivity index (χ0) is 15.3. The van der Waals surface area contributed by atoms with Crippen LogP contribution in [0, 0.1) is 16.7 Å². The predicted molar refractivity (Wildman–Crippen MR) is 90.5 cm³/mol. The molecule has 1 N–H and O–H groups in total. The van der Waals surface area contributed by atoms with E-state index in [0.29, 0.717) is 10.8 Å². The van der Waals surface area contributed by atoms with Crippen molar-refractivity contribution >= 4 is 0 Å². The van der Waals surface area contributed by atoms with Gasteiger partial charge in [0.15, 0.2) is 0 Å². The van der Waals surface area contributed by atoms with Crippen LogP contribution >= 0.6 is 0 Å².